The smallest absolute Gasteiger partial charge is 0.248 e. The SMILES string of the molecule is CCOc1cc(CC)cc2c(=O)c3cc(C(N)=O)ccc3sc12. The first-order valence-electron chi connectivity index (χ1n) is 7.51. The molecule has 4 nitrogen and oxygen atoms in total. The van der Waals surface area contributed by atoms with Gasteiger partial charge in [0.1, 0.15) is 5.75 Å². The molecule has 2 N–H and O–H groups in total. The summed E-state index contributed by atoms with van der Waals surface area (Å²) in [6.45, 7) is 4.51. The summed E-state index contributed by atoms with van der Waals surface area (Å²) in [4.78, 5) is 24.2. The van der Waals surface area contributed by atoms with Crippen LogP contribution in [0, 0.1) is 0 Å². The summed E-state index contributed by atoms with van der Waals surface area (Å²) in [7, 11) is 0. The lowest BCUT2D eigenvalue weighted by atomic mass is 10.1. The van der Waals surface area contributed by atoms with E-state index < -0.39 is 5.91 Å². The minimum atomic E-state index is -0.534. The van der Waals surface area contributed by atoms with Crippen molar-refractivity contribution in [3.63, 3.8) is 0 Å². The van der Waals surface area contributed by atoms with E-state index in [2.05, 4.69) is 0 Å². The number of hydrogen-bond acceptors (Lipinski definition) is 4. The predicted octanol–water partition coefficient (Wildman–Crippen LogP) is 3.47. The third-order valence-electron chi connectivity index (χ3n) is 3.79. The Balaban J connectivity index is 2.42. The lowest BCUT2D eigenvalue weighted by Crippen LogP contribution is -2.12. The minimum Gasteiger partial charge on any atom is -0.492 e. The number of rotatable bonds is 4. The molecule has 118 valence electrons. The Hall–Kier alpha value is -2.40. The number of hydrogen-bond donors (Lipinski definition) is 1. The third-order valence-corrected chi connectivity index (χ3v) is 4.99. The first kappa shape index (κ1) is 15.5. The summed E-state index contributed by atoms with van der Waals surface area (Å²) in [6, 6.07) is 8.89. The summed E-state index contributed by atoms with van der Waals surface area (Å²) in [5.74, 6) is 0.207. The molecule has 0 aliphatic carbocycles. The number of ether oxygens (including phenoxy) is 1. The van der Waals surface area contributed by atoms with Crippen LogP contribution in [0.2, 0.25) is 0 Å². The van der Waals surface area contributed by atoms with Crippen LogP contribution in [0.5, 0.6) is 5.75 Å². The van der Waals surface area contributed by atoms with Gasteiger partial charge in [0.25, 0.3) is 0 Å². The molecule has 1 aromatic heterocycles. The highest BCUT2D eigenvalue weighted by molar-refractivity contribution is 7.24. The standard InChI is InChI=1S/C18H17NO3S/c1-3-10-7-13-16(20)12-9-11(18(19)21)5-6-15(12)23-17(13)14(8-10)22-4-2/h5-9H,3-4H2,1-2H3,(H2,19,21). The Morgan fingerprint density at radius 2 is 1.96 bits per heavy atom. The van der Waals surface area contributed by atoms with Crippen LogP contribution in [0.25, 0.3) is 20.2 Å². The minimum absolute atomic E-state index is 0.0897. The van der Waals surface area contributed by atoms with Gasteiger partial charge >= 0.3 is 0 Å². The Morgan fingerprint density at radius 1 is 1.17 bits per heavy atom. The predicted molar refractivity (Wildman–Crippen MR) is 94.7 cm³/mol. The molecule has 0 radical (unpaired) electrons. The van der Waals surface area contributed by atoms with Crippen molar-refractivity contribution >= 4 is 37.4 Å². The molecule has 0 fully saturated rings. The molecule has 0 saturated carbocycles. The van der Waals surface area contributed by atoms with E-state index in [9.17, 15) is 9.59 Å². The van der Waals surface area contributed by atoms with Crippen LogP contribution in [-0.4, -0.2) is 12.5 Å². The van der Waals surface area contributed by atoms with E-state index in [1.807, 2.05) is 26.0 Å². The number of aryl methyl sites for hydroxylation is 1. The molecule has 3 aromatic rings. The molecule has 0 saturated heterocycles. The van der Waals surface area contributed by atoms with Gasteiger partial charge in [-0.1, -0.05) is 6.92 Å². The number of carbonyl (C=O) groups is 1. The molecule has 0 bridgehead atoms. The van der Waals surface area contributed by atoms with Crippen LogP contribution in [-0.2, 0) is 6.42 Å². The Morgan fingerprint density at radius 3 is 2.61 bits per heavy atom. The van der Waals surface area contributed by atoms with Crippen LogP contribution in [0.15, 0.2) is 35.1 Å². The van der Waals surface area contributed by atoms with E-state index in [1.54, 1.807) is 18.2 Å². The van der Waals surface area contributed by atoms with E-state index in [0.717, 1.165) is 27.1 Å². The summed E-state index contributed by atoms with van der Waals surface area (Å²) in [6.07, 6.45) is 0.819. The first-order valence-corrected chi connectivity index (χ1v) is 8.32. The summed E-state index contributed by atoms with van der Waals surface area (Å²) in [5, 5.41) is 1.15. The van der Waals surface area contributed by atoms with Gasteiger partial charge in [0, 0.05) is 21.0 Å². The van der Waals surface area contributed by atoms with Crippen molar-refractivity contribution in [1.29, 1.82) is 0 Å². The molecular formula is C18H17NO3S. The molecule has 0 aliphatic heterocycles. The molecule has 3 rings (SSSR count). The van der Waals surface area contributed by atoms with Crippen LogP contribution < -0.4 is 15.9 Å². The number of benzene rings is 2. The molecule has 2 aromatic carbocycles. The third kappa shape index (κ3) is 2.68. The zero-order chi connectivity index (χ0) is 16.6. The largest absolute Gasteiger partial charge is 0.492 e. The first-order chi connectivity index (χ1) is 11.0. The van der Waals surface area contributed by atoms with Gasteiger partial charge in [-0.3, -0.25) is 9.59 Å². The number of amides is 1. The van der Waals surface area contributed by atoms with Crippen LogP contribution in [0.4, 0.5) is 0 Å². The van der Waals surface area contributed by atoms with Crippen molar-refractivity contribution < 1.29 is 9.53 Å². The molecule has 1 amide bonds. The Labute approximate surface area is 137 Å². The second-order valence-corrected chi connectivity index (χ2v) is 6.32. The Kier molecular flexibility index (Phi) is 4.05. The lowest BCUT2D eigenvalue weighted by Gasteiger charge is -2.10. The van der Waals surface area contributed by atoms with Crippen molar-refractivity contribution in [3.8, 4) is 5.75 Å². The highest BCUT2D eigenvalue weighted by Gasteiger charge is 2.13. The van der Waals surface area contributed by atoms with Gasteiger partial charge in [-0.2, -0.15) is 0 Å². The van der Waals surface area contributed by atoms with Gasteiger partial charge in [-0.15, -0.1) is 11.3 Å². The summed E-state index contributed by atoms with van der Waals surface area (Å²) >= 11 is 1.49. The average molecular weight is 327 g/mol. The molecule has 0 unspecified atom stereocenters. The highest BCUT2D eigenvalue weighted by atomic mass is 32.1. The van der Waals surface area contributed by atoms with E-state index in [0.29, 0.717) is 22.9 Å². The molecule has 0 spiro atoms. The fourth-order valence-electron chi connectivity index (χ4n) is 2.60. The topological polar surface area (TPSA) is 69.4 Å². The van der Waals surface area contributed by atoms with Gasteiger partial charge in [0.15, 0.2) is 5.43 Å². The lowest BCUT2D eigenvalue weighted by molar-refractivity contribution is 0.100. The molecule has 1 heterocycles. The van der Waals surface area contributed by atoms with Crippen molar-refractivity contribution in [1.82, 2.24) is 0 Å². The molecule has 23 heavy (non-hydrogen) atoms. The molecule has 5 heteroatoms. The second-order valence-electron chi connectivity index (χ2n) is 5.26. The fraction of sp³-hybridized carbons (Fsp3) is 0.222. The normalized spacial score (nSPS) is 11.0. The number of fused-ring (bicyclic) bond motifs is 2. The van der Waals surface area contributed by atoms with Crippen LogP contribution >= 0.6 is 11.3 Å². The van der Waals surface area contributed by atoms with E-state index in [-0.39, 0.29) is 5.43 Å². The average Bonchev–Trinajstić information content (AvgIpc) is 2.55. The maximum atomic E-state index is 12.9. The zero-order valence-electron chi connectivity index (χ0n) is 13.0. The van der Waals surface area contributed by atoms with Crippen LogP contribution in [0.1, 0.15) is 29.8 Å². The second kappa shape index (κ2) is 6.01. The number of carbonyl (C=O) groups excluding carboxylic acids is 1. The quantitative estimate of drug-likeness (QED) is 0.746. The fourth-order valence-corrected chi connectivity index (χ4v) is 3.70. The van der Waals surface area contributed by atoms with E-state index in [1.165, 1.54) is 11.3 Å². The molecule has 0 atom stereocenters. The maximum absolute atomic E-state index is 12.9. The van der Waals surface area contributed by atoms with E-state index >= 15 is 0 Å². The molecular weight excluding hydrogens is 310 g/mol. The molecule has 0 aliphatic rings. The van der Waals surface area contributed by atoms with Crippen molar-refractivity contribution in [2.24, 2.45) is 5.73 Å². The van der Waals surface area contributed by atoms with Gasteiger partial charge in [-0.05, 0) is 49.2 Å². The number of primary amides is 1. The summed E-state index contributed by atoms with van der Waals surface area (Å²) in [5.41, 5.74) is 6.63. The van der Waals surface area contributed by atoms with Gasteiger partial charge in [0.05, 0.1) is 11.3 Å². The zero-order valence-corrected chi connectivity index (χ0v) is 13.8. The van der Waals surface area contributed by atoms with Crippen molar-refractivity contribution in [2.45, 2.75) is 20.3 Å². The monoisotopic (exact) mass is 327 g/mol. The maximum Gasteiger partial charge on any atom is 0.248 e. The van der Waals surface area contributed by atoms with Gasteiger partial charge in [0.2, 0.25) is 5.91 Å². The van der Waals surface area contributed by atoms with E-state index in [4.69, 9.17) is 10.5 Å². The summed E-state index contributed by atoms with van der Waals surface area (Å²) < 4.78 is 7.38. The van der Waals surface area contributed by atoms with Crippen molar-refractivity contribution in [3.05, 3.63) is 51.7 Å². The van der Waals surface area contributed by atoms with Crippen molar-refractivity contribution in [2.75, 3.05) is 6.61 Å². The number of nitrogens with two attached hydrogens (primary N) is 1. The highest BCUT2D eigenvalue weighted by Crippen LogP contribution is 2.33. The van der Waals surface area contributed by atoms with Gasteiger partial charge in [-0.25, -0.2) is 0 Å². The van der Waals surface area contributed by atoms with Crippen LogP contribution in [0.3, 0.4) is 0 Å². The van der Waals surface area contributed by atoms with Gasteiger partial charge < -0.3 is 10.5 Å². The Bertz CT molecular complexity index is 975.